The quantitative estimate of drug-likeness (QED) is 0.616. The number of thiocarbonyl (C=S) groups is 1. The van der Waals surface area contributed by atoms with Crippen LogP contribution in [0.5, 0.6) is 0 Å². The Balaban J connectivity index is 2.59. The second-order valence-electron chi connectivity index (χ2n) is 3.31. The third-order valence-corrected chi connectivity index (χ3v) is 2.34. The summed E-state index contributed by atoms with van der Waals surface area (Å²) in [5.74, 6) is -0.807. The zero-order chi connectivity index (χ0) is 12.8. The molecule has 0 spiro atoms. The summed E-state index contributed by atoms with van der Waals surface area (Å²) in [6.45, 7) is 0.374. The van der Waals surface area contributed by atoms with Crippen LogP contribution in [0, 0.1) is 5.82 Å². The Morgan fingerprint density at radius 3 is 2.82 bits per heavy atom. The smallest absolute Gasteiger partial charge is 0.307 e. The Hall–Kier alpha value is -1.69. The van der Waals surface area contributed by atoms with E-state index < -0.39 is 5.82 Å². The molecule has 3 N–H and O–H groups in total. The van der Waals surface area contributed by atoms with Crippen molar-refractivity contribution >= 4 is 28.9 Å². The minimum absolute atomic E-state index is 0.0172. The number of hydrogen-bond donors (Lipinski definition) is 2. The number of rotatable bonds is 5. The van der Waals surface area contributed by atoms with Gasteiger partial charge in [-0.25, -0.2) is 4.39 Å². The molecule has 0 fully saturated rings. The second kappa shape index (κ2) is 6.15. The van der Waals surface area contributed by atoms with E-state index in [0.29, 0.717) is 12.2 Å². The Morgan fingerprint density at radius 2 is 2.29 bits per heavy atom. The van der Waals surface area contributed by atoms with Crippen molar-refractivity contribution in [3.63, 3.8) is 0 Å². The third-order valence-electron chi connectivity index (χ3n) is 2.12. The first-order valence-corrected chi connectivity index (χ1v) is 5.35. The van der Waals surface area contributed by atoms with E-state index in [4.69, 9.17) is 5.73 Å². The first-order chi connectivity index (χ1) is 8.04. The van der Waals surface area contributed by atoms with Gasteiger partial charge in [0.2, 0.25) is 0 Å². The molecule has 0 aliphatic rings. The number of anilines is 1. The average molecular weight is 256 g/mol. The first-order valence-electron chi connectivity index (χ1n) is 4.94. The predicted octanol–water partition coefficient (Wildman–Crippen LogP) is 1.43. The van der Waals surface area contributed by atoms with Crippen molar-refractivity contribution in [3.05, 3.63) is 29.6 Å². The first kappa shape index (κ1) is 13.4. The van der Waals surface area contributed by atoms with Gasteiger partial charge in [-0.1, -0.05) is 12.2 Å². The largest absolute Gasteiger partial charge is 0.469 e. The van der Waals surface area contributed by atoms with Gasteiger partial charge in [-0.05, 0) is 18.2 Å². The lowest BCUT2D eigenvalue weighted by molar-refractivity contribution is -0.140. The zero-order valence-electron chi connectivity index (χ0n) is 9.33. The van der Waals surface area contributed by atoms with E-state index in [1.54, 1.807) is 6.07 Å². The van der Waals surface area contributed by atoms with Crippen LogP contribution in [-0.4, -0.2) is 24.6 Å². The van der Waals surface area contributed by atoms with Gasteiger partial charge in [0.15, 0.2) is 0 Å². The zero-order valence-corrected chi connectivity index (χ0v) is 10.1. The Labute approximate surface area is 104 Å². The van der Waals surface area contributed by atoms with Gasteiger partial charge in [-0.3, -0.25) is 4.79 Å². The van der Waals surface area contributed by atoms with Gasteiger partial charge in [0.05, 0.1) is 13.5 Å². The number of ether oxygens (including phenoxy) is 1. The molecule has 0 unspecified atom stereocenters. The Bertz CT molecular complexity index is 437. The van der Waals surface area contributed by atoms with Crippen molar-refractivity contribution < 1.29 is 13.9 Å². The highest BCUT2D eigenvalue weighted by Gasteiger charge is 2.06. The lowest BCUT2D eigenvalue weighted by Gasteiger charge is -2.07. The molecule has 0 atom stereocenters. The molecule has 1 aromatic carbocycles. The number of hydrogen-bond acceptors (Lipinski definition) is 4. The summed E-state index contributed by atoms with van der Waals surface area (Å²) in [5.41, 5.74) is 6.10. The van der Waals surface area contributed by atoms with Crippen molar-refractivity contribution in [2.75, 3.05) is 19.0 Å². The summed E-state index contributed by atoms with van der Waals surface area (Å²) >= 11 is 4.69. The number of esters is 1. The van der Waals surface area contributed by atoms with E-state index >= 15 is 0 Å². The molecule has 0 radical (unpaired) electrons. The molecule has 0 aliphatic heterocycles. The molecule has 0 aromatic heterocycles. The van der Waals surface area contributed by atoms with Crippen LogP contribution in [0.15, 0.2) is 18.2 Å². The highest BCUT2D eigenvalue weighted by atomic mass is 32.1. The van der Waals surface area contributed by atoms with Crippen molar-refractivity contribution in [2.45, 2.75) is 6.42 Å². The summed E-state index contributed by atoms with van der Waals surface area (Å²) in [7, 11) is 1.32. The lowest BCUT2D eigenvalue weighted by Crippen LogP contribution is -2.13. The number of carbonyl (C=O) groups excluding carboxylic acids is 1. The standard InChI is InChI=1S/C11H13FN2O2S/c1-16-10(15)4-5-14-7-2-3-8(11(13)17)9(12)6-7/h2-3,6,14H,4-5H2,1H3,(H2,13,17). The maximum Gasteiger partial charge on any atom is 0.307 e. The molecular formula is C11H13FN2O2S. The molecule has 0 bridgehead atoms. The summed E-state index contributed by atoms with van der Waals surface area (Å²) in [5, 5.41) is 2.89. The molecule has 0 saturated carbocycles. The molecular weight excluding hydrogens is 243 g/mol. The number of carbonyl (C=O) groups is 1. The van der Waals surface area contributed by atoms with Crippen molar-refractivity contribution in [2.24, 2.45) is 5.73 Å². The Morgan fingerprint density at radius 1 is 1.59 bits per heavy atom. The molecule has 0 heterocycles. The maximum atomic E-state index is 13.5. The van der Waals surface area contributed by atoms with Gasteiger partial charge in [-0.2, -0.15) is 0 Å². The molecule has 1 aromatic rings. The summed E-state index contributed by atoms with van der Waals surface area (Å²) in [4.78, 5) is 10.9. The molecule has 0 saturated heterocycles. The van der Waals surface area contributed by atoms with Crippen LogP contribution < -0.4 is 11.1 Å². The monoisotopic (exact) mass is 256 g/mol. The van der Waals surface area contributed by atoms with Gasteiger partial charge < -0.3 is 15.8 Å². The molecule has 0 amide bonds. The number of nitrogens with two attached hydrogens (primary N) is 1. The Kier molecular flexibility index (Phi) is 4.84. The van der Waals surface area contributed by atoms with Crippen LogP contribution in [0.3, 0.4) is 0 Å². The van der Waals surface area contributed by atoms with Gasteiger partial charge >= 0.3 is 5.97 Å². The summed E-state index contributed by atoms with van der Waals surface area (Å²) in [6.07, 6.45) is 0.217. The fourth-order valence-corrected chi connectivity index (χ4v) is 1.40. The highest BCUT2D eigenvalue weighted by Crippen LogP contribution is 2.14. The topological polar surface area (TPSA) is 64.3 Å². The van der Waals surface area contributed by atoms with Crippen LogP contribution in [0.2, 0.25) is 0 Å². The van der Waals surface area contributed by atoms with Gasteiger partial charge in [0.1, 0.15) is 10.8 Å². The minimum Gasteiger partial charge on any atom is -0.469 e. The average Bonchev–Trinajstić information content (AvgIpc) is 2.28. The number of methoxy groups -OCH3 is 1. The second-order valence-corrected chi connectivity index (χ2v) is 3.75. The minimum atomic E-state index is -0.486. The van der Waals surface area contributed by atoms with Crippen LogP contribution in [-0.2, 0) is 9.53 Å². The summed E-state index contributed by atoms with van der Waals surface area (Å²) < 4.78 is 17.9. The lowest BCUT2D eigenvalue weighted by atomic mass is 10.2. The van der Waals surface area contributed by atoms with Crippen LogP contribution in [0.1, 0.15) is 12.0 Å². The van der Waals surface area contributed by atoms with E-state index in [2.05, 4.69) is 22.3 Å². The van der Waals surface area contributed by atoms with Gasteiger partial charge in [0, 0.05) is 17.8 Å². The molecule has 4 nitrogen and oxygen atoms in total. The van der Waals surface area contributed by atoms with E-state index in [1.165, 1.54) is 19.2 Å². The number of benzene rings is 1. The molecule has 92 valence electrons. The highest BCUT2D eigenvalue weighted by molar-refractivity contribution is 7.80. The van der Waals surface area contributed by atoms with Crippen molar-refractivity contribution in [3.8, 4) is 0 Å². The van der Waals surface area contributed by atoms with E-state index in [1.807, 2.05) is 0 Å². The van der Waals surface area contributed by atoms with Crippen molar-refractivity contribution in [1.29, 1.82) is 0 Å². The molecule has 6 heteroatoms. The van der Waals surface area contributed by atoms with Crippen LogP contribution in [0.25, 0.3) is 0 Å². The van der Waals surface area contributed by atoms with Crippen LogP contribution >= 0.6 is 12.2 Å². The van der Waals surface area contributed by atoms with Gasteiger partial charge in [-0.15, -0.1) is 0 Å². The predicted molar refractivity (Wildman–Crippen MR) is 67.4 cm³/mol. The van der Waals surface area contributed by atoms with Crippen LogP contribution in [0.4, 0.5) is 10.1 Å². The van der Waals surface area contributed by atoms with Gasteiger partial charge in [0.25, 0.3) is 0 Å². The van der Waals surface area contributed by atoms with Crippen molar-refractivity contribution in [1.82, 2.24) is 0 Å². The fourth-order valence-electron chi connectivity index (χ4n) is 1.24. The molecule has 0 aliphatic carbocycles. The summed E-state index contributed by atoms with van der Waals surface area (Å²) in [6, 6.07) is 4.43. The van der Waals surface area contributed by atoms with E-state index in [0.717, 1.165) is 0 Å². The molecule has 1 rings (SSSR count). The number of halogens is 1. The molecule has 17 heavy (non-hydrogen) atoms. The van der Waals surface area contributed by atoms with E-state index in [-0.39, 0.29) is 22.9 Å². The third kappa shape index (κ3) is 3.99. The fraction of sp³-hybridized carbons (Fsp3) is 0.273. The number of nitrogens with one attached hydrogen (secondary N) is 1. The SMILES string of the molecule is COC(=O)CCNc1ccc(C(N)=S)c(F)c1. The normalized spacial score (nSPS) is 9.76. The van der Waals surface area contributed by atoms with E-state index in [9.17, 15) is 9.18 Å². The maximum absolute atomic E-state index is 13.5.